The molecule has 1 aromatic carbocycles. The molecule has 1 aliphatic heterocycles. The number of aliphatic imine (C=N–C) groups is 1. The molecule has 1 aliphatic rings. The van der Waals surface area contributed by atoms with Gasteiger partial charge in [-0.15, -0.1) is 0 Å². The van der Waals surface area contributed by atoms with Gasteiger partial charge < -0.3 is 15.4 Å². The molecule has 3 rings (SSSR count). The van der Waals surface area contributed by atoms with Crippen LogP contribution >= 0.6 is 12.2 Å². The van der Waals surface area contributed by atoms with E-state index in [0.29, 0.717) is 10.9 Å². The molecule has 0 saturated carbocycles. The highest BCUT2D eigenvalue weighted by Crippen LogP contribution is 2.32. The lowest BCUT2D eigenvalue weighted by atomic mass is 10.1. The van der Waals surface area contributed by atoms with Crippen LogP contribution in [0.2, 0.25) is 0 Å². The van der Waals surface area contributed by atoms with E-state index in [1.165, 1.54) is 4.57 Å². The van der Waals surface area contributed by atoms with Gasteiger partial charge in [0.25, 0.3) is 5.91 Å². The molecular formula is C13H10N4O3S. The van der Waals surface area contributed by atoms with E-state index in [0.717, 1.165) is 0 Å². The van der Waals surface area contributed by atoms with Gasteiger partial charge in [-0.3, -0.25) is 14.9 Å². The zero-order chi connectivity index (χ0) is 15.1. The number of aromatic nitrogens is 1. The van der Waals surface area contributed by atoms with Gasteiger partial charge >= 0.3 is 0 Å². The lowest BCUT2D eigenvalue weighted by Gasteiger charge is -2.03. The Morgan fingerprint density at radius 2 is 2.14 bits per heavy atom. The molecule has 0 bridgehead atoms. The zero-order valence-electron chi connectivity index (χ0n) is 10.7. The molecule has 21 heavy (non-hydrogen) atoms. The minimum absolute atomic E-state index is 0.0249. The average Bonchev–Trinajstić information content (AvgIpc) is 2.88. The van der Waals surface area contributed by atoms with Crippen molar-refractivity contribution in [1.82, 2.24) is 9.88 Å². The minimum atomic E-state index is -0.606. The van der Waals surface area contributed by atoms with E-state index in [1.54, 1.807) is 24.3 Å². The molecule has 0 spiro atoms. The fourth-order valence-corrected chi connectivity index (χ4v) is 2.53. The first-order valence-corrected chi connectivity index (χ1v) is 6.42. The number of fused-ring (bicyclic) bond motifs is 1. The number of nitrogens with zero attached hydrogens (tertiary/aromatic N) is 2. The summed E-state index contributed by atoms with van der Waals surface area (Å²) in [7, 11) is 0. The second kappa shape index (κ2) is 4.67. The number of primary amides is 1. The summed E-state index contributed by atoms with van der Waals surface area (Å²) >= 11 is 4.83. The Labute approximate surface area is 124 Å². The summed E-state index contributed by atoms with van der Waals surface area (Å²) in [5, 5.41) is 13.4. The Bertz CT molecular complexity index is 837. The van der Waals surface area contributed by atoms with Crippen LogP contribution in [0.5, 0.6) is 5.88 Å². The molecule has 0 saturated heterocycles. The maximum Gasteiger partial charge on any atom is 0.277 e. The third kappa shape index (κ3) is 2.05. The van der Waals surface area contributed by atoms with Crippen LogP contribution in [-0.4, -0.2) is 32.3 Å². The van der Waals surface area contributed by atoms with Gasteiger partial charge in [0.2, 0.25) is 16.9 Å². The van der Waals surface area contributed by atoms with E-state index >= 15 is 0 Å². The van der Waals surface area contributed by atoms with Gasteiger partial charge in [0.1, 0.15) is 12.3 Å². The number of rotatable bonds is 3. The van der Waals surface area contributed by atoms with Gasteiger partial charge in [0, 0.05) is 5.39 Å². The maximum absolute atomic E-state index is 11.9. The molecule has 4 N–H and O–H groups in total. The third-order valence-electron chi connectivity index (χ3n) is 3.14. The summed E-state index contributed by atoms with van der Waals surface area (Å²) in [4.78, 5) is 27.0. The first kappa shape index (κ1) is 13.3. The van der Waals surface area contributed by atoms with Gasteiger partial charge in [-0.05, 0) is 18.3 Å². The zero-order valence-corrected chi connectivity index (χ0v) is 11.5. The molecule has 1 aromatic heterocycles. The van der Waals surface area contributed by atoms with E-state index in [2.05, 4.69) is 10.3 Å². The van der Waals surface area contributed by atoms with Crippen molar-refractivity contribution in [2.75, 3.05) is 0 Å². The number of amides is 2. The summed E-state index contributed by atoms with van der Waals surface area (Å²) in [6, 6.07) is 6.95. The van der Waals surface area contributed by atoms with Crippen LogP contribution in [0.25, 0.3) is 10.9 Å². The van der Waals surface area contributed by atoms with Crippen LogP contribution in [0.1, 0.15) is 5.56 Å². The quantitative estimate of drug-likeness (QED) is 0.695. The van der Waals surface area contributed by atoms with Crippen molar-refractivity contribution in [2.45, 2.75) is 6.54 Å². The van der Waals surface area contributed by atoms with E-state index in [9.17, 15) is 14.7 Å². The van der Waals surface area contributed by atoms with Crippen molar-refractivity contribution >= 4 is 45.8 Å². The van der Waals surface area contributed by atoms with Crippen LogP contribution in [0.15, 0.2) is 29.3 Å². The summed E-state index contributed by atoms with van der Waals surface area (Å²) in [6.45, 7) is -0.203. The van der Waals surface area contributed by atoms with Crippen molar-refractivity contribution in [3.8, 4) is 5.88 Å². The number of thiocarbonyl (C=S) groups is 1. The minimum Gasteiger partial charge on any atom is -0.494 e. The monoisotopic (exact) mass is 302 g/mol. The fourth-order valence-electron chi connectivity index (χ4n) is 2.35. The van der Waals surface area contributed by atoms with Crippen molar-refractivity contribution in [3.63, 3.8) is 0 Å². The molecule has 2 amide bonds. The van der Waals surface area contributed by atoms with Crippen molar-refractivity contribution in [1.29, 1.82) is 0 Å². The normalized spacial score (nSPS) is 14.4. The summed E-state index contributed by atoms with van der Waals surface area (Å²) in [6.07, 6.45) is 0. The maximum atomic E-state index is 11.9. The summed E-state index contributed by atoms with van der Waals surface area (Å²) < 4.78 is 1.34. The van der Waals surface area contributed by atoms with Gasteiger partial charge in [0.05, 0.1) is 11.1 Å². The Morgan fingerprint density at radius 1 is 1.43 bits per heavy atom. The van der Waals surface area contributed by atoms with Crippen LogP contribution in [-0.2, 0) is 16.1 Å². The van der Waals surface area contributed by atoms with Gasteiger partial charge in [-0.1, -0.05) is 18.2 Å². The van der Waals surface area contributed by atoms with E-state index in [-0.39, 0.29) is 28.8 Å². The second-order valence-electron chi connectivity index (χ2n) is 4.49. The molecule has 0 aliphatic carbocycles. The standard InChI is InChI=1S/C13H10N4O3S/c14-8(18)5-17-7-4-2-1-3-6(7)9(12(17)20)10-11(19)16-13(21)15-10/h1-4,20H,5H2,(H2,14,18)(H,16,19,21). The Balaban J connectivity index is 2.31. The van der Waals surface area contributed by atoms with Gasteiger partial charge in [-0.25, -0.2) is 4.99 Å². The number of benzene rings is 1. The predicted octanol–water partition coefficient (Wildman–Crippen LogP) is 0.0360. The fraction of sp³-hybridized carbons (Fsp3) is 0.0769. The first-order valence-electron chi connectivity index (χ1n) is 6.02. The van der Waals surface area contributed by atoms with E-state index in [4.69, 9.17) is 18.0 Å². The number of carbonyl (C=O) groups excluding carboxylic acids is 2. The number of carbonyl (C=O) groups is 2. The molecule has 0 radical (unpaired) electrons. The molecule has 106 valence electrons. The lowest BCUT2D eigenvalue weighted by Crippen LogP contribution is -2.25. The molecule has 2 heterocycles. The largest absolute Gasteiger partial charge is 0.494 e. The number of para-hydroxylation sites is 1. The number of nitrogens with one attached hydrogen (secondary N) is 1. The molecule has 0 fully saturated rings. The molecule has 7 nitrogen and oxygen atoms in total. The van der Waals surface area contributed by atoms with E-state index < -0.39 is 11.8 Å². The average molecular weight is 302 g/mol. The van der Waals surface area contributed by atoms with Crippen LogP contribution in [0.4, 0.5) is 0 Å². The number of hydrogen-bond acceptors (Lipinski definition) is 4. The van der Waals surface area contributed by atoms with Gasteiger partial charge in [-0.2, -0.15) is 0 Å². The Morgan fingerprint density at radius 3 is 2.76 bits per heavy atom. The highest BCUT2D eigenvalue weighted by atomic mass is 32.1. The van der Waals surface area contributed by atoms with Crippen molar-refractivity contribution in [2.24, 2.45) is 10.7 Å². The van der Waals surface area contributed by atoms with Crippen molar-refractivity contribution < 1.29 is 14.7 Å². The van der Waals surface area contributed by atoms with Crippen LogP contribution < -0.4 is 11.1 Å². The van der Waals surface area contributed by atoms with Gasteiger partial charge in [0.15, 0.2) is 0 Å². The molecule has 0 atom stereocenters. The second-order valence-corrected chi connectivity index (χ2v) is 4.87. The third-order valence-corrected chi connectivity index (χ3v) is 3.34. The molecule has 0 unspecified atom stereocenters. The highest BCUT2D eigenvalue weighted by molar-refractivity contribution is 7.80. The first-order chi connectivity index (χ1) is 9.99. The molecule has 2 aromatic rings. The number of aromatic hydroxyl groups is 1. The molecular weight excluding hydrogens is 292 g/mol. The smallest absolute Gasteiger partial charge is 0.277 e. The Kier molecular flexibility index (Phi) is 2.95. The number of nitrogens with two attached hydrogens (primary N) is 1. The predicted molar refractivity (Wildman–Crippen MR) is 80.1 cm³/mol. The summed E-state index contributed by atoms with van der Waals surface area (Å²) in [5.74, 6) is -1.34. The number of hydrogen-bond donors (Lipinski definition) is 3. The van der Waals surface area contributed by atoms with E-state index in [1.807, 2.05) is 0 Å². The molecule has 8 heteroatoms. The SMILES string of the molecule is NC(=O)Cn1c(O)c(C2=NC(=S)NC2=O)c2ccccc21. The van der Waals surface area contributed by atoms with Crippen LogP contribution in [0.3, 0.4) is 0 Å². The van der Waals surface area contributed by atoms with Crippen LogP contribution in [0, 0.1) is 0 Å². The van der Waals surface area contributed by atoms with Crippen molar-refractivity contribution in [3.05, 3.63) is 29.8 Å². The highest BCUT2D eigenvalue weighted by Gasteiger charge is 2.29. The lowest BCUT2D eigenvalue weighted by molar-refractivity contribution is -0.118. The topological polar surface area (TPSA) is 110 Å². The summed E-state index contributed by atoms with van der Waals surface area (Å²) in [5.41, 5.74) is 6.04. The Hall–Kier alpha value is -2.74.